The van der Waals surface area contributed by atoms with Gasteiger partial charge in [-0.05, 0) is 49.7 Å². The Hall–Kier alpha value is -3.02. The fourth-order valence-corrected chi connectivity index (χ4v) is 2.00. The lowest BCUT2D eigenvalue weighted by molar-refractivity contribution is 0.0499. The number of ether oxygens (including phenoxy) is 2. The lowest BCUT2D eigenvalue weighted by atomic mass is 10.1. The second-order valence-corrected chi connectivity index (χ2v) is 5.16. The average Bonchev–Trinajstić information content (AvgIpc) is 2.57. The van der Waals surface area contributed by atoms with Gasteiger partial charge in [0, 0.05) is 5.56 Å². The van der Waals surface area contributed by atoms with Gasteiger partial charge in [-0.2, -0.15) is 0 Å². The van der Waals surface area contributed by atoms with E-state index < -0.39 is 11.9 Å². The van der Waals surface area contributed by atoms with E-state index in [1.807, 2.05) is 6.92 Å². The molecule has 0 saturated heterocycles. The van der Waals surface area contributed by atoms with Crippen molar-refractivity contribution in [3.05, 3.63) is 53.1 Å². The van der Waals surface area contributed by atoms with Crippen LogP contribution in [0.3, 0.4) is 0 Å². The number of rotatable bonds is 5. The van der Waals surface area contributed by atoms with Crippen LogP contribution in [0.4, 0.5) is 0 Å². The van der Waals surface area contributed by atoms with Gasteiger partial charge in [0.15, 0.2) is 5.75 Å². The normalized spacial score (nSPS) is 10.2. The summed E-state index contributed by atoms with van der Waals surface area (Å²) in [6.45, 7) is 3.64. The molecule has 0 aliphatic rings. The summed E-state index contributed by atoms with van der Waals surface area (Å²) in [5.74, 6) is -1.48. The highest BCUT2D eigenvalue weighted by Crippen LogP contribution is 2.32. The maximum atomic E-state index is 12.2. The number of carbonyl (C=O) groups is 2. The molecule has 24 heavy (non-hydrogen) atoms. The smallest absolute Gasteiger partial charge is 0.343 e. The van der Waals surface area contributed by atoms with Gasteiger partial charge in [0.2, 0.25) is 0 Å². The molecular formula is C18H18O6. The van der Waals surface area contributed by atoms with Gasteiger partial charge in [0.25, 0.3) is 0 Å². The minimum absolute atomic E-state index is 0.0175. The topological polar surface area (TPSA) is 93.1 Å². The Labute approximate surface area is 139 Å². The third-order valence-electron chi connectivity index (χ3n) is 3.33. The largest absolute Gasteiger partial charge is 0.508 e. The molecule has 2 rings (SSSR count). The van der Waals surface area contributed by atoms with Crippen molar-refractivity contribution in [2.75, 3.05) is 6.61 Å². The molecule has 0 aliphatic heterocycles. The highest BCUT2D eigenvalue weighted by molar-refractivity contribution is 5.97. The number of aromatic hydroxyl groups is 2. The Morgan fingerprint density at radius 3 is 2.29 bits per heavy atom. The van der Waals surface area contributed by atoms with E-state index in [0.29, 0.717) is 6.42 Å². The van der Waals surface area contributed by atoms with E-state index in [4.69, 9.17) is 9.47 Å². The number of phenols is 2. The quantitative estimate of drug-likeness (QED) is 0.646. The highest BCUT2D eigenvalue weighted by Gasteiger charge is 2.21. The van der Waals surface area contributed by atoms with Crippen LogP contribution in [0.25, 0.3) is 0 Å². The number of phenolic OH excluding ortho intramolecular Hbond substituents is 2. The molecule has 0 heterocycles. The maximum Gasteiger partial charge on any atom is 0.343 e. The second-order valence-electron chi connectivity index (χ2n) is 5.16. The Bertz CT molecular complexity index is 749. The Morgan fingerprint density at radius 1 is 1.00 bits per heavy atom. The van der Waals surface area contributed by atoms with Gasteiger partial charge in [0.05, 0.1) is 12.2 Å². The Kier molecular flexibility index (Phi) is 5.42. The highest BCUT2D eigenvalue weighted by atomic mass is 16.5. The van der Waals surface area contributed by atoms with Crippen molar-refractivity contribution in [2.45, 2.75) is 20.3 Å². The van der Waals surface area contributed by atoms with Crippen molar-refractivity contribution in [3.63, 3.8) is 0 Å². The summed E-state index contributed by atoms with van der Waals surface area (Å²) < 4.78 is 10.4. The molecule has 126 valence electrons. The molecule has 0 saturated carbocycles. The summed E-state index contributed by atoms with van der Waals surface area (Å²) in [6, 6.07) is 8.18. The number of carbonyl (C=O) groups excluding carboxylic acids is 2. The standard InChI is InChI=1S/C18H18O6/c1-3-10-23-18(22)14-8-9-15(20)11(2)16(14)24-17(21)12-4-6-13(19)7-5-12/h4-9,19-20H,3,10H2,1-2H3. The summed E-state index contributed by atoms with van der Waals surface area (Å²) in [7, 11) is 0. The fourth-order valence-electron chi connectivity index (χ4n) is 2.00. The van der Waals surface area contributed by atoms with Gasteiger partial charge in [-0.1, -0.05) is 6.92 Å². The monoisotopic (exact) mass is 330 g/mol. The molecule has 0 bridgehead atoms. The van der Waals surface area contributed by atoms with Gasteiger partial charge < -0.3 is 19.7 Å². The van der Waals surface area contributed by atoms with Crippen LogP contribution in [0.1, 0.15) is 39.6 Å². The molecule has 2 N–H and O–H groups in total. The predicted octanol–water partition coefficient (Wildman–Crippen LogP) is 3.19. The van der Waals surface area contributed by atoms with E-state index in [9.17, 15) is 19.8 Å². The van der Waals surface area contributed by atoms with Crippen LogP contribution < -0.4 is 4.74 Å². The van der Waals surface area contributed by atoms with Gasteiger partial charge in [-0.3, -0.25) is 0 Å². The minimum atomic E-state index is -0.715. The van der Waals surface area contributed by atoms with Crippen LogP contribution in [0.2, 0.25) is 0 Å². The lowest BCUT2D eigenvalue weighted by Crippen LogP contribution is -2.14. The molecule has 0 aromatic heterocycles. The molecule has 0 aliphatic carbocycles. The van der Waals surface area contributed by atoms with E-state index in [-0.39, 0.29) is 40.5 Å². The van der Waals surface area contributed by atoms with Crippen molar-refractivity contribution in [1.82, 2.24) is 0 Å². The van der Waals surface area contributed by atoms with Gasteiger partial charge >= 0.3 is 11.9 Å². The molecule has 0 radical (unpaired) electrons. The average molecular weight is 330 g/mol. The number of esters is 2. The van der Waals surface area contributed by atoms with Gasteiger partial charge in [-0.15, -0.1) is 0 Å². The fraction of sp³-hybridized carbons (Fsp3) is 0.222. The second kappa shape index (κ2) is 7.50. The Balaban J connectivity index is 2.33. The van der Waals surface area contributed by atoms with Crippen molar-refractivity contribution in [1.29, 1.82) is 0 Å². The van der Waals surface area contributed by atoms with Gasteiger partial charge in [-0.25, -0.2) is 9.59 Å². The van der Waals surface area contributed by atoms with Crippen LogP contribution in [0, 0.1) is 6.92 Å². The summed E-state index contributed by atoms with van der Waals surface area (Å²) >= 11 is 0. The van der Waals surface area contributed by atoms with E-state index in [0.717, 1.165) is 0 Å². The first-order valence-corrected chi connectivity index (χ1v) is 7.45. The lowest BCUT2D eigenvalue weighted by Gasteiger charge is -2.13. The third-order valence-corrected chi connectivity index (χ3v) is 3.33. The first-order chi connectivity index (χ1) is 11.4. The molecular weight excluding hydrogens is 312 g/mol. The first-order valence-electron chi connectivity index (χ1n) is 7.45. The summed E-state index contributed by atoms with van der Waals surface area (Å²) in [5.41, 5.74) is 0.516. The van der Waals surface area contributed by atoms with E-state index in [1.165, 1.54) is 43.3 Å². The Morgan fingerprint density at radius 2 is 1.67 bits per heavy atom. The van der Waals surface area contributed by atoms with E-state index in [1.54, 1.807) is 0 Å². The van der Waals surface area contributed by atoms with Crippen molar-refractivity contribution < 1.29 is 29.3 Å². The summed E-state index contributed by atoms with van der Waals surface area (Å²) in [6.07, 6.45) is 0.658. The molecule has 0 spiro atoms. The van der Waals surface area contributed by atoms with Crippen LogP contribution >= 0.6 is 0 Å². The molecule has 6 heteroatoms. The molecule has 2 aromatic rings. The third kappa shape index (κ3) is 3.84. The molecule has 6 nitrogen and oxygen atoms in total. The number of hydrogen-bond acceptors (Lipinski definition) is 6. The van der Waals surface area contributed by atoms with Crippen LogP contribution in [0.15, 0.2) is 36.4 Å². The van der Waals surface area contributed by atoms with Crippen LogP contribution in [0.5, 0.6) is 17.2 Å². The molecule has 0 atom stereocenters. The minimum Gasteiger partial charge on any atom is -0.508 e. The number of benzene rings is 2. The van der Waals surface area contributed by atoms with Crippen molar-refractivity contribution in [2.24, 2.45) is 0 Å². The van der Waals surface area contributed by atoms with Crippen LogP contribution in [-0.4, -0.2) is 28.8 Å². The SMILES string of the molecule is CCCOC(=O)c1ccc(O)c(C)c1OC(=O)c1ccc(O)cc1. The molecule has 0 amide bonds. The zero-order valence-electron chi connectivity index (χ0n) is 13.4. The van der Waals surface area contributed by atoms with Crippen molar-refractivity contribution >= 4 is 11.9 Å². The van der Waals surface area contributed by atoms with Crippen molar-refractivity contribution in [3.8, 4) is 17.2 Å². The first kappa shape index (κ1) is 17.3. The molecule has 2 aromatic carbocycles. The van der Waals surface area contributed by atoms with Gasteiger partial charge in [0.1, 0.15) is 17.1 Å². The van der Waals surface area contributed by atoms with E-state index in [2.05, 4.69) is 0 Å². The predicted molar refractivity (Wildman–Crippen MR) is 86.5 cm³/mol. The maximum absolute atomic E-state index is 12.2. The molecule has 0 fully saturated rings. The zero-order valence-corrected chi connectivity index (χ0v) is 13.4. The van der Waals surface area contributed by atoms with E-state index >= 15 is 0 Å². The van der Waals surface area contributed by atoms with Crippen LogP contribution in [-0.2, 0) is 4.74 Å². The summed E-state index contributed by atoms with van der Waals surface area (Å²) in [4.78, 5) is 24.4. The number of hydrogen-bond donors (Lipinski definition) is 2. The molecule has 0 unspecified atom stereocenters. The zero-order chi connectivity index (χ0) is 17.7. The summed E-state index contributed by atoms with van der Waals surface area (Å²) in [5, 5.41) is 19.1.